The first-order valence-corrected chi connectivity index (χ1v) is 7.11. The third-order valence-electron chi connectivity index (χ3n) is 3.53. The second-order valence-electron chi connectivity index (χ2n) is 5.11. The molecule has 0 bridgehead atoms. The smallest absolute Gasteiger partial charge is 0.268 e. The third-order valence-corrected chi connectivity index (χ3v) is 3.53. The van der Waals surface area contributed by atoms with Crippen LogP contribution in [0.25, 0.3) is 5.70 Å². The number of hydroxylamine groups is 1. The first kappa shape index (κ1) is 15.1. The Bertz CT molecular complexity index is 713. The molecule has 23 heavy (non-hydrogen) atoms. The highest BCUT2D eigenvalue weighted by Crippen LogP contribution is 2.25. The number of hydrogen-bond acceptors (Lipinski definition) is 5. The molecule has 1 heterocycles. The van der Waals surface area contributed by atoms with Gasteiger partial charge in [-0.1, -0.05) is 18.2 Å². The number of carbonyl (C=O) groups is 1. The number of para-hydroxylation sites is 1. The normalized spacial score (nSPS) is 19.7. The quantitative estimate of drug-likeness (QED) is 0.509. The zero-order chi connectivity index (χ0) is 16.2. The summed E-state index contributed by atoms with van der Waals surface area (Å²) in [5.41, 5.74) is 2.96. The molecular weight excluding hydrogens is 296 g/mol. The molecule has 0 aromatic heterocycles. The summed E-state index contributed by atoms with van der Waals surface area (Å²) >= 11 is 0. The number of nitrogens with one attached hydrogen (secondary N) is 2. The van der Waals surface area contributed by atoms with Crippen LogP contribution in [0.1, 0.15) is 5.56 Å². The van der Waals surface area contributed by atoms with Crippen LogP contribution in [0.3, 0.4) is 0 Å². The highest BCUT2D eigenvalue weighted by molar-refractivity contribution is 5.86. The van der Waals surface area contributed by atoms with Crippen LogP contribution in [-0.4, -0.2) is 28.4 Å². The summed E-state index contributed by atoms with van der Waals surface area (Å²) in [7, 11) is 0. The van der Waals surface area contributed by atoms with Gasteiger partial charge in [0, 0.05) is 5.70 Å². The van der Waals surface area contributed by atoms with Crippen molar-refractivity contribution >= 4 is 11.6 Å². The molecule has 1 aliphatic heterocycles. The summed E-state index contributed by atoms with van der Waals surface area (Å²) in [6.07, 6.45) is 0.532. The molecule has 6 nitrogen and oxygen atoms in total. The van der Waals surface area contributed by atoms with Crippen molar-refractivity contribution in [1.82, 2.24) is 10.8 Å². The largest absolute Gasteiger partial charge is 0.457 e. The minimum absolute atomic E-state index is 0.623. The molecule has 4 N–H and O–H groups in total. The highest BCUT2D eigenvalue weighted by atomic mass is 16.5. The van der Waals surface area contributed by atoms with Crippen LogP contribution in [0.5, 0.6) is 11.5 Å². The summed E-state index contributed by atoms with van der Waals surface area (Å²) in [5, 5.41) is 21.4. The molecule has 2 atom stereocenters. The van der Waals surface area contributed by atoms with Crippen LogP contribution in [0.15, 0.2) is 60.7 Å². The Balaban J connectivity index is 1.71. The summed E-state index contributed by atoms with van der Waals surface area (Å²) in [4.78, 5) is 11.4. The van der Waals surface area contributed by atoms with Crippen LogP contribution >= 0.6 is 0 Å². The fourth-order valence-electron chi connectivity index (χ4n) is 2.36. The van der Waals surface area contributed by atoms with Gasteiger partial charge >= 0.3 is 0 Å². The summed E-state index contributed by atoms with van der Waals surface area (Å²) in [6, 6.07) is 15.8. The first-order valence-electron chi connectivity index (χ1n) is 7.11. The van der Waals surface area contributed by atoms with Gasteiger partial charge in [-0.2, -0.15) is 0 Å². The average Bonchev–Trinajstić information content (AvgIpc) is 2.97. The average molecular weight is 312 g/mol. The van der Waals surface area contributed by atoms with Crippen molar-refractivity contribution in [2.75, 3.05) is 0 Å². The van der Waals surface area contributed by atoms with Crippen molar-refractivity contribution in [1.29, 1.82) is 0 Å². The van der Waals surface area contributed by atoms with Crippen LogP contribution < -0.4 is 15.5 Å². The zero-order valence-corrected chi connectivity index (χ0v) is 12.1. The van der Waals surface area contributed by atoms with E-state index in [-0.39, 0.29) is 0 Å². The maximum Gasteiger partial charge on any atom is 0.268 e. The third kappa shape index (κ3) is 3.33. The standard InChI is InChI=1S/C17H16N2O4/c20-15-10-14(18-16(15)17(21)19-22)11-6-8-13(9-7-11)23-12-4-2-1-3-5-12/h1-10,15-16,18,20,22H,(H,19,21)/t15-,16+/m1/s1. The predicted molar refractivity (Wildman–Crippen MR) is 83.8 cm³/mol. The lowest BCUT2D eigenvalue weighted by molar-refractivity contribution is -0.132. The Kier molecular flexibility index (Phi) is 4.27. The number of aliphatic hydroxyl groups excluding tert-OH is 1. The number of hydrogen-bond donors (Lipinski definition) is 4. The number of aliphatic hydroxyl groups is 1. The maximum atomic E-state index is 11.4. The fourth-order valence-corrected chi connectivity index (χ4v) is 2.36. The van der Waals surface area contributed by atoms with E-state index in [4.69, 9.17) is 9.94 Å². The van der Waals surface area contributed by atoms with Crippen molar-refractivity contribution in [3.05, 3.63) is 66.2 Å². The number of amides is 1. The van der Waals surface area contributed by atoms with E-state index >= 15 is 0 Å². The van der Waals surface area contributed by atoms with E-state index in [1.54, 1.807) is 12.1 Å². The van der Waals surface area contributed by atoms with E-state index < -0.39 is 18.1 Å². The second kappa shape index (κ2) is 6.51. The minimum atomic E-state index is -1.00. The minimum Gasteiger partial charge on any atom is -0.457 e. The first-order chi connectivity index (χ1) is 11.2. The number of ether oxygens (including phenoxy) is 1. The Labute approximate surface area is 133 Å². The van der Waals surface area contributed by atoms with Gasteiger partial charge < -0.3 is 15.2 Å². The van der Waals surface area contributed by atoms with Gasteiger partial charge in [0.25, 0.3) is 5.91 Å². The molecule has 2 aromatic carbocycles. The Morgan fingerprint density at radius 3 is 2.35 bits per heavy atom. The molecule has 0 saturated carbocycles. The summed E-state index contributed by atoms with van der Waals surface area (Å²) in [6.45, 7) is 0. The van der Waals surface area contributed by atoms with Gasteiger partial charge in [0.15, 0.2) is 0 Å². The van der Waals surface area contributed by atoms with Crippen LogP contribution in [0.2, 0.25) is 0 Å². The Morgan fingerprint density at radius 2 is 1.70 bits per heavy atom. The molecule has 0 spiro atoms. The number of rotatable bonds is 4. The van der Waals surface area contributed by atoms with Crippen molar-refractivity contribution in [2.24, 2.45) is 0 Å². The molecule has 0 saturated heterocycles. The van der Waals surface area contributed by atoms with Crippen LogP contribution in [0, 0.1) is 0 Å². The molecule has 118 valence electrons. The molecule has 1 aliphatic rings. The van der Waals surface area contributed by atoms with Crippen molar-refractivity contribution in [3.63, 3.8) is 0 Å². The van der Waals surface area contributed by atoms with Gasteiger partial charge in [0.2, 0.25) is 0 Å². The van der Waals surface area contributed by atoms with Crippen molar-refractivity contribution in [2.45, 2.75) is 12.1 Å². The lowest BCUT2D eigenvalue weighted by Crippen LogP contribution is -2.45. The molecule has 0 unspecified atom stereocenters. The van der Waals surface area contributed by atoms with Gasteiger partial charge in [-0.15, -0.1) is 0 Å². The monoisotopic (exact) mass is 312 g/mol. The van der Waals surface area contributed by atoms with Gasteiger partial charge in [-0.05, 0) is 48.0 Å². The summed E-state index contributed by atoms with van der Waals surface area (Å²) in [5.74, 6) is 0.741. The van der Waals surface area contributed by atoms with E-state index in [0.717, 1.165) is 11.3 Å². The molecule has 0 radical (unpaired) electrons. The predicted octanol–water partition coefficient (Wildman–Crippen LogP) is 1.66. The fraction of sp³-hybridized carbons (Fsp3) is 0.118. The lowest BCUT2D eigenvalue weighted by Gasteiger charge is -2.14. The van der Waals surface area contributed by atoms with E-state index in [0.29, 0.717) is 11.4 Å². The van der Waals surface area contributed by atoms with Gasteiger partial charge in [0.05, 0.1) is 0 Å². The Morgan fingerprint density at radius 1 is 1.04 bits per heavy atom. The summed E-state index contributed by atoms with van der Waals surface area (Å²) < 4.78 is 5.71. The molecule has 0 fully saturated rings. The van der Waals surface area contributed by atoms with Gasteiger partial charge in [0.1, 0.15) is 23.6 Å². The zero-order valence-electron chi connectivity index (χ0n) is 12.1. The number of carbonyl (C=O) groups excluding carboxylic acids is 1. The van der Waals surface area contributed by atoms with E-state index in [9.17, 15) is 9.90 Å². The SMILES string of the molecule is O=C(NO)[C@H]1NC(c2ccc(Oc3ccccc3)cc2)=C[C@H]1O. The van der Waals surface area contributed by atoms with Gasteiger partial charge in [-0.25, -0.2) is 5.48 Å². The van der Waals surface area contributed by atoms with Crippen LogP contribution in [-0.2, 0) is 4.79 Å². The molecular formula is C17H16N2O4. The highest BCUT2D eigenvalue weighted by Gasteiger charge is 2.31. The lowest BCUT2D eigenvalue weighted by atomic mass is 10.1. The molecule has 3 rings (SSSR count). The van der Waals surface area contributed by atoms with Gasteiger partial charge in [-0.3, -0.25) is 10.0 Å². The second-order valence-corrected chi connectivity index (χ2v) is 5.11. The molecule has 6 heteroatoms. The topological polar surface area (TPSA) is 90.8 Å². The van der Waals surface area contributed by atoms with Crippen molar-refractivity contribution in [3.8, 4) is 11.5 Å². The molecule has 2 aromatic rings. The van der Waals surface area contributed by atoms with Crippen LogP contribution in [0.4, 0.5) is 0 Å². The Hall–Kier alpha value is -2.83. The van der Waals surface area contributed by atoms with Crippen molar-refractivity contribution < 1.29 is 19.8 Å². The van der Waals surface area contributed by atoms with E-state index in [1.165, 1.54) is 11.6 Å². The van der Waals surface area contributed by atoms with E-state index in [2.05, 4.69) is 5.32 Å². The van der Waals surface area contributed by atoms with E-state index in [1.807, 2.05) is 42.5 Å². The molecule has 1 amide bonds. The number of benzene rings is 2. The molecule has 0 aliphatic carbocycles. The maximum absolute atomic E-state index is 11.4.